The van der Waals surface area contributed by atoms with Crippen molar-refractivity contribution in [3.63, 3.8) is 0 Å². The molecule has 4 rings (SSSR count). The minimum atomic E-state index is 0.618. The van der Waals surface area contributed by atoms with Gasteiger partial charge in [-0.25, -0.2) is 4.68 Å². The van der Waals surface area contributed by atoms with Crippen LogP contribution in [0.25, 0.3) is 11.4 Å². The van der Waals surface area contributed by atoms with E-state index in [4.69, 9.17) is 17.3 Å². The molecule has 0 spiro atoms. The molecule has 0 aliphatic rings. The van der Waals surface area contributed by atoms with Crippen molar-refractivity contribution >= 4 is 12.2 Å². The molecule has 0 aliphatic heterocycles. The summed E-state index contributed by atoms with van der Waals surface area (Å²) in [6, 6.07) is 22.7. The Kier molecular flexibility index (Phi) is 6.16. The maximum Gasteiger partial charge on any atom is 0.199 e. The lowest BCUT2D eigenvalue weighted by Crippen LogP contribution is -2.23. The van der Waals surface area contributed by atoms with Crippen LogP contribution in [-0.4, -0.2) is 31.3 Å². The van der Waals surface area contributed by atoms with Crippen LogP contribution in [0.3, 0.4) is 0 Å². The fourth-order valence-electron chi connectivity index (χ4n) is 3.51. The second-order valence-corrected chi connectivity index (χ2v) is 7.86. The summed E-state index contributed by atoms with van der Waals surface area (Å²) >= 11 is 5.84. The number of aryl methyl sites for hydroxylation is 1. The standard InChI is InChI=1S/C24H25N5S/c1-19-8-6-7-11-22(19)17-27(2)18-29-24(30)28(16-20-9-4-3-5-10-20)23(26-29)21-12-14-25-15-13-21/h3-15H,16-18H2,1-2H3. The van der Waals surface area contributed by atoms with Crippen molar-refractivity contribution in [3.8, 4) is 11.4 Å². The minimum Gasteiger partial charge on any atom is -0.295 e. The Hall–Kier alpha value is -3.09. The van der Waals surface area contributed by atoms with Gasteiger partial charge in [-0.2, -0.15) is 5.10 Å². The van der Waals surface area contributed by atoms with Crippen LogP contribution >= 0.6 is 12.2 Å². The summed E-state index contributed by atoms with van der Waals surface area (Å²) in [6.07, 6.45) is 3.57. The third-order valence-electron chi connectivity index (χ3n) is 5.12. The average molecular weight is 416 g/mol. The minimum absolute atomic E-state index is 0.618. The number of aromatic nitrogens is 4. The fraction of sp³-hybridized carbons (Fsp3) is 0.208. The number of hydrogen-bond donors (Lipinski definition) is 0. The van der Waals surface area contributed by atoms with Crippen molar-refractivity contribution < 1.29 is 0 Å². The van der Waals surface area contributed by atoms with Crippen LogP contribution in [0.2, 0.25) is 0 Å². The molecule has 6 heteroatoms. The number of rotatable bonds is 7. The first kappa shape index (κ1) is 20.2. The summed E-state index contributed by atoms with van der Waals surface area (Å²) in [5.41, 5.74) is 4.80. The lowest BCUT2D eigenvalue weighted by Gasteiger charge is -2.17. The highest BCUT2D eigenvalue weighted by Gasteiger charge is 2.15. The highest BCUT2D eigenvalue weighted by Crippen LogP contribution is 2.20. The van der Waals surface area contributed by atoms with E-state index in [-0.39, 0.29) is 0 Å². The zero-order valence-corrected chi connectivity index (χ0v) is 18.1. The van der Waals surface area contributed by atoms with Gasteiger partial charge in [0.05, 0.1) is 13.2 Å². The number of hydrogen-bond acceptors (Lipinski definition) is 4. The second-order valence-electron chi connectivity index (χ2n) is 7.50. The van der Waals surface area contributed by atoms with Gasteiger partial charge in [-0.05, 0) is 55.0 Å². The summed E-state index contributed by atoms with van der Waals surface area (Å²) in [5.74, 6) is 0.857. The monoisotopic (exact) mass is 415 g/mol. The van der Waals surface area contributed by atoms with Crippen LogP contribution in [0.1, 0.15) is 16.7 Å². The molecule has 152 valence electrons. The van der Waals surface area contributed by atoms with Crippen LogP contribution in [0, 0.1) is 11.7 Å². The first-order valence-electron chi connectivity index (χ1n) is 9.97. The van der Waals surface area contributed by atoms with Gasteiger partial charge < -0.3 is 0 Å². The van der Waals surface area contributed by atoms with Crippen LogP contribution in [0.4, 0.5) is 0 Å². The van der Waals surface area contributed by atoms with Crippen molar-refractivity contribution in [1.29, 1.82) is 0 Å². The van der Waals surface area contributed by atoms with Gasteiger partial charge in [-0.3, -0.25) is 14.5 Å². The molecule has 0 saturated carbocycles. The lowest BCUT2D eigenvalue weighted by atomic mass is 10.1. The normalized spacial score (nSPS) is 11.2. The summed E-state index contributed by atoms with van der Waals surface area (Å²) in [5, 5.41) is 4.89. The zero-order valence-electron chi connectivity index (χ0n) is 17.3. The van der Waals surface area contributed by atoms with Crippen LogP contribution in [0.5, 0.6) is 0 Å². The van der Waals surface area contributed by atoms with E-state index in [0.717, 1.165) is 17.9 Å². The fourth-order valence-corrected chi connectivity index (χ4v) is 3.76. The zero-order chi connectivity index (χ0) is 20.9. The molecule has 0 unspecified atom stereocenters. The summed E-state index contributed by atoms with van der Waals surface area (Å²) in [6.45, 7) is 4.28. The third-order valence-corrected chi connectivity index (χ3v) is 5.55. The molecule has 0 N–H and O–H groups in total. The predicted octanol–water partition coefficient (Wildman–Crippen LogP) is 4.92. The van der Waals surface area contributed by atoms with E-state index in [1.807, 2.05) is 35.0 Å². The molecule has 0 atom stereocenters. The van der Waals surface area contributed by atoms with Gasteiger partial charge in [0.25, 0.3) is 0 Å². The number of nitrogens with zero attached hydrogens (tertiary/aromatic N) is 5. The summed E-state index contributed by atoms with van der Waals surface area (Å²) in [4.78, 5) is 6.37. The Balaban J connectivity index is 1.65. The Morgan fingerprint density at radius 2 is 1.63 bits per heavy atom. The van der Waals surface area contributed by atoms with E-state index >= 15 is 0 Å². The first-order chi connectivity index (χ1) is 14.6. The van der Waals surface area contributed by atoms with E-state index in [9.17, 15) is 0 Å². The van der Waals surface area contributed by atoms with Crippen LogP contribution < -0.4 is 0 Å². The quantitative estimate of drug-likeness (QED) is 0.402. The largest absolute Gasteiger partial charge is 0.295 e. The number of pyridine rings is 1. The van der Waals surface area contributed by atoms with Gasteiger partial charge >= 0.3 is 0 Å². The maximum atomic E-state index is 5.84. The topological polar surface area (TPSA) is 38.9 Å². The molecule has 0 radical (unpaired) electrons. The lowest BCUT2D eigenvalue weighted by molar-refractivity contribution is 0.243. The van der Waals surface area contributed by atoms with Crippen molar-refractivity contribution in [2.45, 2.75) is 26.7 Å². The molecule has 2 aromatic carbocycles. The molecule has 0 bridgehead atoms. The Morgan fingerprint density at radius 3 is 2.37 bits per heavy atom. The number of benzene rings is 2. The van der Waals surface area contributed by atoms with E-state index in [1.54, 1.807) is 12.4 Å². The van der Waals surface area contributed by atoms with Crippen LogP contribution in [-0.2, 0) is 19.8 Å². The van der Waals surface area contributed by atoms with Gasteiger partial charge in [-0.1, -0.05) is 54.6 Å². The first-order valence-corrected chi connectivity index (χ1v) is 10.4. The molecular weight excluding hydrogens is 390 g/mol. The van der Waals surface area contributed by atoms with Gasteiger partial charge in [-0.15, -0.1) is 0 Å². The van der Waals surface area contributed by atoms with E-state index in [0.29, 0.717) is 18.0 Å². The SMILES string of the molecule is Cc1ccccc1CN(C)Cn1nc(-c2ccncc2)n(Cc2ccccc2)c1=S. The van der Waals surface area contributed by atoms with E-state index in [1.165, 1.54) is 16.7 Å². The average Bonchev–Trinajstić information content (AvgIpc) is 3.06. The van der Waals surface area contributed by atoms with Crippen molar-refractivity contribution in [2.24, 2.45) is 0 Å². The molecule has 2 heterocycles. The summed E-state index contributed by atoms with van der Waals surface area (Å²) < 4.78 is 4.72. The van der Waals surface area contributed by atoms with E-state index < -0.39 is 0 Å². The van der Waals surface area contributed by atoms with E-state index in [2.05, 4.69) is 64.8 Å². The highest BCUT2D eigenvalue weighted by molar-refractivity contribution is 7.71. The Bertz CT molecular complexity index is 1170. The van der Waals surface area contributed by atoms with Crippen LogP contribution in [0.15, 0.2) is 79.1 Å². The molecule has 0 aliphatic carbocycles. The van der Waals surface area contributed by atoms with Gasteiger partial charge in [0, 0.05) is 24.5 Å². The molecular formula is C24H25N5S. The van der Waals surface area contributed by atoms with Gasteiger partial charge in [0.2, 0.25) is 0 Å². The molecule has 2 aromatic heterocycles. The van der Waals surface area contributed by atoms with Crippen molar-refractivity contribution in [1.82, 2.24) is 24.2 Å². The van der Waals surface area contributed by atoms with Crippen molar-refractivity contribution in [2.75, 3.05) is 7.05 Å². The predicted molar refractivity (Wildman–Crippen MR) is 122 cm³/mol. The van der Waals surface area contributed by atoms with Gasteiger partial charge in [0.15, 0.2) is 10.6 Å². The Morgan fingerprint density at radius 1 is 0.933 bits per heavy atom. The maximum absolute atomic E-state index is 5.84. The molecule has 0 fully saturated rings. The smallest absolute Gasteiger partial charge is 0.199 e. The third kappa shape index (κ3) is 4.56. The molecule has 4 aromatic rings. The second kappa shape index (κ2) is 9.15. The molecule has 0 amide bonds. The summed E-state index contributed by atoms with van der Waals surface area (Å²) in [7, 11) is 2.09. The van der Waals surface area contributed by atoms with Crippen molar-refractivity contribution in [3.05, 3.63) is 101 Å². The van der Waals surface area contributed by atoms with Gasteiger partial charge in [0.1, 0.15) is 0 Å². The molecule has 5 nitrogen and oxygen atoms in total. The Labute approximate surface area is 182 Å². The highest BCUT2D eigenvalue weighted by atomic mass is 32.1. The molecule has 0 saturated heterocycles. The molecule has 30 heavy (non-hydrogen) atoms.